The van der Waals surface area contributed by atoms with Crippen molar-refractivity contribution in [1.29, 1.82) is 0 Å². The largest absolute Gasteiger partial charge is 1.00 e. The predicted molar refractivity (Wildman–Crippen MR) is 6.41 cm³/mol. The van der Waals surface area contributed by atoms with Gasteiger partial charge < -0.3 is 7.43 Å². The van der Waals surface area contributed by atoms with E-state index < -0.39 is 0 Å². The molecular weight excluding hydrogens is 32.8 g/mol. The van der Waals surface area contributed by atoms with Crippen LogP contribution in [0.2, 0.25) is 0 Å². The van der Waals surface area contributed by atoms with Gasteiger partial charge in [-0.2, -0.15) is 0 Å². The second-order valence-electron chi connectivity index (χ2n) is 0. The molecule has 0 heterocycles. The van der Waals surface area contributed by atoms with E-state index >= 15 is 0 Å². The Bertz CT molecular complexity index is 3.25. The van der Waals surface area contributed by atoms with Crippen molar-refractivity contribution in [2.24, 2.45) is 0 Å². The van der Waals surface area contributed by atoms with Crippen LogP contribution in [0.1, 0.15) is 0 Å². The Morgan fingerprint density at radius 3 is 0.500 bits per heavy atom. The first-order valence-corrected chi connectivity index (χ1v) is 0. The Morgan fingerprint density at radius 2 is 0.500 bits per heavy atom. The Labute approximate surface area is 63.6 Å². The molecule has 0 aromatic rings. The van der Waals surface area contributed by atoms with Crippen LogP contribution in [0.25, 0.3) is 0 Å². The van der Waals surface area contributed by atoms with Crippen LogP contribution in [0.15, 0.2) is 0 Å². The van der Waals surface area contributed by atoms with Crippen molar-refractivity contribution in [3.63, 3.8) is 0 Å². The van der Waals surface area contributed by atoms with Crippen molar-refractivity contribution in [1.82, 2.24) is 0 Å². The molecule has 0 amide bonds. The molecule has 3 heteroatoms. The number of hydrogen-bond donors (Lipinski definition) is 0. The van der Waals surface area contributed by atoms with E-state index in [4.69, 9.17) is 0 Å². The van der Waals surface area contributed by atoms with Gasteiger partial charge in [0.1, 0.15) is 0 Å². The van der Waals surface area contributed by atoms with Crippen LogP contribution in [0.5, 0.6) is 0 Å². The van der Waals surface area contributed by atoms with Crippen LogP contribution in [0, 0.1) is 7.43 Å². The van der Waals surface area contributed by atoms with Gasteiger partial charge in [-0.05, 0) is 0 Å². The molecule has 0 radical (unpaired) electrons. The summed E-state index contributed by atoms with van der Waals surface area (Å²) in [6.07, 6.45) is 0. The van der Waals surface area contributed by atoms with Gasteiger partial charge in [0.2, 0.25) is 0 Å². The normalized spacial score (nSPS) is 0. The van der Waals surface area contributed by atoms with Gasteiger partial charge in [0, 0.05) is 0 Å². The van der Waals surface area contributed by atoms with E-state index in [9.17, 15) is 0 Å². The molecule has 0 saturated heterocycles. The van der Waals surface area contributed by atoms with Crippen molar-refractivity contribution in [2.45, 2.75) is 0 Å². The summed E-state index contributed by atoms with van der Waals surface area (Å²) in [6.45, 7) is 0. The zero-order valence-electron chi connectivity index (χ0n) is 4.00. The van der Waals surface area contributed by atoms with Crippen LogP contribution in [0.3, 0.4) is 0 Å². The molecule has 0 fully saturated rings. The molecule has 0 nitrogen and oxygen atoms in total. The van der Waals surface area contributed by atoms with E-state index in [0.717, 1.165) is 0 Å². The standard InChI is InChI=1S/CH3.3Li/h1H3;;;/q-1;3*+1. The van der Waals surface area contributed by atoms with Crippen molar-refractivity contribution < 1.29 is 56.6 Å². The average Bonchev–Trinajstić information content (AvgIpc) is 0. The van der Waals surface area contributed by atoms with Crippen molar-refractivity contribution >= 4 is 0 Å². The molecular formula is CH3Li3+2. The number of hydrogen-bond acceptors (Lipinski definition) is 0. The van der Waals surface area contributed by atoms with Gasteiger partial charge in [0.25, 0.3) is 0 Å². The Hall–Kier alpha value is 1.79. The molecule has 8 valence electrons. The summed E-state index contributed by atoms with van der Waals surface area (Å²) in [5.74, 6) is 0. The molecule has 0 N–H and O–H groups in total. The molecule has 0 aliphatic heterocycles. The number of rotatable bonds is 0. The van der Waals surface area contributed by atoms with E-state index in [1.807, 2.05) is 0 Å². The maximum atomic E-state index is 0. The Balaban J connectivity index is 0. The fraction of sp³-hybridized carbons (Fsp3) is 0. The van der Waals surface area contributed by atoms with Crippen LogP contribution in [0.4, 0.5) is 0 Å². The third-order valence-electron chi connectivity index (χ3n) is 0. The third-order valence-corrected chi connectivity index (χ3v) is 0. The minimum atomic E-state index is 0. The molecule has 0 aliphatic carbocycles. The second kappa shape index (κ2) is 21.5. The fourth-order valence-electron chi connectivity index (χ4n) is 0. The molecule has 0 spiro atoms. The topological polar surface area (TPSA) is 0 Å². The smallest absolute Gasteiger partial charge is 0.358 e. The van der Waals surface area contributed by atoms with Gasteiger partial charge in [-0.1, -0.05) is 0 Å². The van der Waals surface area contributed by atoms with E-state index in [0.29, 0.717) is 0 Å². The van der Waals surface area contributed by atoms with Gasteiger partial charge in [0.15, 0.2) is 0 Å². The average molecular weight is 35.9 g/mol. The zero-order chi connectivity index (χ0) is 0. The Morgan fingerprint density at radius 1 is 0.500 bits per heavy atom. The summed E-state index contributed by atoms with van der Waals surface area (Å²) < 4.78 is 0. The first-order valence-electron chi connectivity index (χ1n) is 0. The molecule has 0 aromatic heterocycles. The van der Waals surface area contributed by atoms with Gasteiger partial charge >= 0.3 is 56.6 Å². The molecule has 0 aromatic carbocycles. The zero-order valence-corrected chi connectivity index (χ0v) is 4.00. The first-order chi connectivity index (χ1) is 0. The summed E-state index contributed by atoms with van der Waals surface area (Å²) in [5.41, 5.74) is 0. The summed E-state index contributed by atoms with van der Waals surface area (Å²) >= 11 is 0. The van der Waals surface area contributed by atoms with Gasteiger partial charge in [-0.15, -0.1) is 0 Å². The predicted octanol–water partition coefficient (Wildman–Crippen LogP) is -8.54. The van der Waals surface area contributed by atoms with Crippen molar-refractivity contribution in [3.05, 3.63) is 7.43 Å². The minimum Gasteiger partial charge on any atom is -0.358 e. The molecule has 4 heavy (non-hydrogen) atoms. The second-order valence-corrected chi connectivity index (χ2v) is 0. The summed E-state index contributed by atoms with van der Waals surface area (Å²) in [5, 5.41) is 0. The van der Waals surface area contributed by atoms with Crippen LogP contribution >= 0.6 is 0 Å². The molecule has 0 atom stereocenters. The van der Waals surface area contributed by atoms with Gasteiger partial charge in [-0.25, -0.2) is 0 Å². The minimum absolute atomic E-state index is 0. The molecule has 0 aliphatic rings. The van der Waals surface area contributed by atoms with Crippen molar-refractivity contribution in [3.8, 4) is 0 Å². The van der Waals surface area contributed by atoms with E-state index in [-0.39, 0.29) is 64.0 Å². The third kappa shape index (κ3) is 9.20. The molecule has 0 bridgehead atoms. The van der Waals surface area contributed by atoms with Crippen LogP contribution in [-0.4, -0.2) is 0 Å². The van der Waals surface area contributed by atoms with E-state index in [2.05, 4.69) is 0 Å². The van der Waals surface area contributed by atoms with Gasteiger partial charge in [0.05, 0.1) is 0 Å². The molecule has 0 unspecified atom stereocenters. The molecule has 0 rings (SSSR count). The SMILES string of the molecule is [CH3-].[Li+].[Li+].[Li+]. The van der Waals surface area contributed by atoms with Gasteiger partial charge in [-0.3, -0.25) is 0 Å². The Kier molecular flexibility index (Phi) is 222. The van der Waals surface area contributed by atoms with Crippen molar-refractivity contribution in [2.75, 3.05) is 0 Å². The summed E-state index contributed by atoms with van der Waals surface area (Å²) in [4.78, 5) is 0. The summed E-state index contributed by atoms with van der Waals surface area (Å²) in [7, 11) is 0. The van der Waals surface area contributed by atoms with Crippen LogP contribution in [-0.2, 0) is 0 Å². The molecule has 0 saturated carbocycles. The van der Waals surface area contributed by atoms with E-state index in [1.54, 1.807) is 0 Å². The fourth-order valence-corrected chi connectivity index (χ4v) is 0. The maximum Gasteiger partial charge on any atom is 1.00 e. The first kappa shape index (κ1) is 41.4. The maximum absolute atomic E-state index is 0. The summed E-state index contributed by atoms with van der Waals surface area (Å²) in [6, 6.07) is 0. The quantitative estimate of drug-likeness (QED) is 0.185. The van der Waals surface area contributed by atoms with E-state index in [1.165, 1.54) is 0 Å². The monoisotopic (exact) mass is 36.1 g/mol. The van der Waals surface area contributed by atoms with Crippen LogP contribution < -0.4 is 56.6 Å².